The monoisotopic (exact) mass is 152 g/mol. The lowest BCUT2D eigenvalue weighted by molar-refractivity contribution is -0.118. The molecule has 0 aliphatic carbocycles. The highest BCUT2D eigenvalue weighted by Crippen LogP contribution is 2.02. The maximum Gasteiger partial charge on any atom is 0.150 e. The molecule has 0 fully saturated rings. The Morgan fingerprint density at radius 2 is 2.36 bits per heavy atom. The molecule has 11 heavy (non-hydrogen) atoms. The van der Waals surface area contributed by atoms with Crippen molar-refractivity contribution in [2.75, 3.05) is 6.61 Å². The third-order valence-electron chi connectivity index (χ3n) is 1.10. The first kappa shape index (κ1) is 9.86. The topological polar surface area (TPSA) is 50.1 Å². The Balaban J connectivity index is 3.86. The average molecular weight is 152 g/mol. The van der Waals surface area contributed by atoms with Crippen molar-refractivity contribution in [2.45, 2.75) is 6.10 Å². The van der Waals surface area contributed by atoms with Crippen molar-refractivity contribution in [1.29, 1.82) is 5.26 Å². The van der Waals surface area contributed by atoms with Gasteiger partial charge < -0.3 is 9.53 Å². The van der Waals surface area contributed by atoms with Gasteiger partial charge in [0.15, 0.2) is 0 Å². The van der Waals surface area contributed by atoms with Crippen LogP contribution >= 0.6 is 0 Å². The Morgan fingerprint density at radius 3 is 2.73 bits per heavy atom. The molecule has 2 unspecified atom stereocenters. The van der Waals surface area contributed by atoms with E-state index in [4.69, 9.17) is 10.00 Å². The van der Waals surface area contributed by atoms with E-state index in [2.05, 4.69) is 13.5 Å². The first-order chi connectivity index (χ1) is 5.26. The summed E-state index contributed by atoms with van der Waals surface area (Å²) < 4.78 is 4.92. The SMILES string of the molecule is [CH2]C(C#N)C(C=O)OCC=C. The van der Waals surface area contributed by atoms with Gasteiger partial charge in [-0.2, -0.15) is 5.26 Å². The van der Waals surface area contributed by atoms with E-state index in [1.807, 2.05) is 6.07 Å². The van der Waals surface area contributed by atoms with Crippen molar-refractivity contribution in [1.82, 2.24) is 0 Å². The van der Waals surface area contributed by atoms with Crippen LogP contribution in [0.3, 0.4) is 0 Å². The van der Waals surface area contributed by atoms with E-state index in [9.17, 15) is 4.79 Å². The Labute approximate surface area is 66.3 Å². The Hall–Kier alpha value is -1.14. The highest BCUT2D eigenvalue weighted by molar-refractivity contribution is 5.57. The van der Waals surface area contributed by atoms with E-state index < -0.39 is 12.0 Å². The number of hydrogen-bond acceptors (Lipinski definition) is 3. The molecule has 3 heteroatoms. The average Bonchev–Trinajstić information content (AvgIpc) is 2.05. The fourth-order valence-electron chi connectivity index (χ4n) is 0.503. The molecule has 0 aromatic heterocycles. The van der Waals surface area contributed by atoms with Crippen molar-refractivity contribution in [3.05, 3.63) is 19.6 Å². The van der Waals surface area contributed by atoms with Crippen molar-refractivity contribution in [3.8, 4) is 6.07 Å². The molecule has 0 aromatic rings. The van der Waals surface area contributed by atoms with Gasteiger partial charge in [-0.05, 0) is 6.92 Å². The smallest absolute Gasteiger partial charge is 0.150 e. The summed E-state index contributed by atoms with van der Waals surface area (Å²) in [5.74, 6) is -0.646. The van der Waals surface area contributed by atoms with Crippen LogP contribution in [0.25, 0.3) is 0 Å². The molecule has 0 aliphatic heterocycles. The third kappa shape index (κ3) is 3.54. The van der Waals surface area contributed by atoms with E-state index >= 15 is 0 Å². The molecule has 0 N–H and O–H groups in total. The standard InChI is InChI=1S/C8H10NO2/c1-3-4-11-8(6-10)7(2)5-9/h3,6-8H,1-2,4H2. The number of ether oxygens (including phenoxy) is 1. The van der Waals surface area contributed by atoms with Crippen molar-refractivity contribution >= 4 is 6.29 Å². The Morgan fingerprint density at radius 1 is 1.73 bits per heavy atom. The van der Waals surface area contributed by atoms with Crippen molar-refractivity contribution in [3.63, 3.8) is 0 Å². The van der Waals surface area contributed by atoms with Gasteiger partial charge in [-0.25, -0.2) is 0 Å². The zero-order valence-electron chi connectivity index (χ0n) is 6.19. The number of carbonyl (C=O) groups is 1. The molecule has 0 aromatic carbocycles. The molecule has 59 valence electrons. The molecular weight excluding hydrogens is 142 g/mol. The maximum absolute atomic E-state index is 10.3. The molecule has 1 radical (unpaired) electrons. The van der Waals surface area contributed by atoms with Gasteiger partial charge in [0, 0.05) is 0 Å². The van der Waals surface area contributed by atoms with Crippen molar-refractivity contribution < 1.29 is 9.53 Å². The molecule has 0 bridgehead atoms. The molecule has 0 amide bonds. The van der Waals surface area contributed by atoms with Crippen LogP contribution < -0.4 is 0 Å². The second-order valence-electron chi connectivity index (χ2n) is 1.96. The third-order valence-corrected chi connectivity index (χ3v) is 1.10. The lowest BCUT2D eigenvalue weighted by Gasteiger charge is -2.10. The quantitative estimate of drug-likeness (QED) is 0.431. The molecule has 3 nitrogen and oxygen atoms in total. The van der Waals surface area contributed by atoms with Gasteiger partial charge in [-0.3, -0.25) is 0 Å². The molecule has 2 atom stereocenters. The van der Waals surface area contributed by atoms with Gasteiger partial charge in [0.25, 0.3) is 0 Å². The molecule has 0 heterocycles. The van der Waals surface area contributed by atoms with E-state index in [1.165, 1.54) is 6.08 Å². The number of nitrogens with zero attached hydrogens (tertiary/aromatic N) is 1. The highest BCUT2D eigenvalue weighted by atomic mass is 16.5. The number of nitriles is 1. The first-order valence-electron chi connectivity index (χ1n) is 3.16. The summed E-state index contributed by atoms with van der Waals surface area (Å²) in [6.07, 6.45) is 1.35. The summed E-state index contributed by atoms with van der Waals surface area (Å²) >= 11 is 0. The zero-order valence-corrected chi connectivity index (χ0v) is 6.19. The van der Waals surface area contributed by atoms with Gasteiger partial charge >= 0.3 is 0 Å². The number of aldehydes is 1. The first-order valence-corrected chi connectivity index (χ1v) is 3.16. The Kier molecular flexibility index (Phi) is 5.05. The minimum Gasteiger partial charge on any atom is -0.365 e. The normalized spacial score (nSPS) is 14.5. The van der Waals surface area contributed by atoms with Crippen LogP contribution in [0.5, 0.6) is 0 Å². The van der Waals surface area contributed by atoms with Crippen LogP contribution in [0, 0.1) is 24.2 Å². The fraction of sp³-hybridized carbons (Fsp3) is 0.375. The van der Waals surface area contributed by atoms with Crippen LogP contribution in [-0.2, 0) is 9.53 Å². The van der Waals surface area contributed by atoms with Crippen LogP contribution in [0.4, 0.5) is 0 Å². The summed E-state index contributed by atoms with van der Waals surface area (Å²) in [5.41, 5.74) is 0. The van der Waals surface area contributed by atoms with Gasteiger partial charge in [0.2, 0.25) is 0 Å². The summed E-state index contributed by atoms with van der Waals surface area (Å²) in [5, 5.41) is 8.36. The van der Waals surface area contributed by atoms with Crippen LogP contribution in [0.15, 0.2) is 12.7 Å². The number of carbonyl (C=O) groups excluding carboxylic acids is 1. The Bertz CT molecular complexity index is 171. The second kappa shape index (κ2) is 5.63. The van der Waals surface area contributed by atoms with E-state index in [-0.39, 0.29) is 6.61 Å². The van der Waals surface area contributed by atoms with Crippen molar-refractivity contribution in [2.24, 2.45) is 5.92 Å². The molecule has 0 rings (SSSR count). The maximum atomic E-state index is 10.3. The van der Waals surface area contributed by atoms with Gasteiger partial charge in [-0.15, -0.1) is 6.58 Å². The van der Waals surface area contributed by atoms with E-state index in [0.29, 0.717) is 6.29 Å². The molecule has 0 saturated carbocycles. The number of hydrogen-bond donors (Lipinski definition) is 0. The zero-order chi connectivity index (χ0) is 8.69. The van der Waals surface area contributed by atoms with Gasteiger partial charge in [0.05, 0.1) is 18.6 Å². The molecule has 0 saturated heterocycles. The lowest BCUT2D eigenvalue weighted by Crippen LogP contribution is -2.22. The lowest BCUT2D eigenvalue weighted by atomic mass is 10.1. The molecule has 0 aliphatic rings. The largest absolute Gasteiger partial charge is 0.365 e. The predicted octanol–water partition coefficient (Wildman–Crippen LogP) is 0.730. The van der Waals surface area contributed by atoms with E-state index in [0.717, 1.165) is 0 Å². The van der Waals surface area contributed by atoms with Gasteiger partial charge in [0.1, 0.15) is 12.4 Å². The fourth-order valence-corrected chi connectivity index (χ4v) is 0.503. The predicted molar refractivity (Wildman–Crippen MR) is 40.5 cm³/mol. The second-order valence-corrected chi connectivity index (χ2v) is 1.96. The minimum absolute atomic E-state index is 0.261. The van der Waals surface area contributed by atoms with Crippen LogP contribution in [-0.4, -0.2) is 19.0 Å². The molecule has 0 spiro atoms. The van der Waals surface area contributed by atoms with Crippen LogP contribution in [0.1, 0.15) is 0 Å². The summed E-state index contributed by atoms with van der Waals surface area (Å²) in [7, 11) is 0. The summed E-state index contributed by atoms with van der Waals surface area (Å²) in [4.78, 5) is 10.3. The molecular formula is C8H10NO2. The minimum atomic E-state index is -0.738. The van der Waals surface area contributed by atoms with E-state index in [1.54, 1.807) is 0 Å². The van der Waals surface area contributed by atoms with Gasteiger partial charge in [-0.1, -0.05) is 6.08 Å². The van der Waals surface area contributed by atoms with Crippen LogP contribution in [0.2, 0.25) is 0 Å². The number of rotatable bonds is 5. The summed E-state index contributed by atoms with van der Waals surface area (Å²) in [6.45, 7) is 7.10. The summed E-state index contributed by atoms with van der Waals surface area (Å²) in [6, 6.07) is 1.82. The highest BCUT2D eigenvalue weighted by Gasteiger charge is 2.15.